The number of hydrogen-bond donors (Lipinski definition) is 1. The van der Waals surface area contributed by atoms with Crippen LogP contribution in [-0.4, -0.2) is 10.1 Å². The summed E-state index contributed by atoms with van der Waals surface area (Å²) >= 11 is 0. The van der Waals surface area contributed by atoms with Crippen LogP contribution < -0.4 is 0 Å². The number of rotatable bonds is 4. The average Bonchev–Trinajstić information content (AvgIpc) is 2.79. The van der Waals surface area contributed by atoms with Gasteiger partial charge in [0.05, 0.1) is 12.4 Å². The summed E-state index contributed by atoms with van der Waals surface area (Å²) < 4.78 is 5.22. The highest BCUT2D eigenvalue weighted by Crippen LogP contribution is 2.21. The van der Waals surface area contributed by atoms with Crippen LogP contribution in [0.1, 0.15) is 29.4 Å². The molecule has 0 amide bonds. The van der Waals surface area contributed by atoms with Crippen molar-refractivity contribution in [2.24, 2.45) is 0 Å². The van der Waals surface area contributed by atoms with Crippen LogP contribution in [0.5, 0.6) is 0 Å². The van der Waals surface area contributed by atoms with E-state index < -0.39 is 6.10 Å². The van der Waals surface area contributed by atoms with Gasteiger partial charge >= 0.3 is 0 Å². The van der Waals surface area contributed by atoms with Crippen molar-refractivity contribution in [3.8, 4) is 0 Å². The van der Waals surface area contributed by atoms with Gasteiger partial charge in [-0.05, 0) is 37.1 Å². The van der Waals surface area contributed by atoms with Gasteiger partial charge in [0.2, 0.25) is 0 Å². The molecule has 0 aliphatic carbocycles. The van der Waals surface area contributed by atoms with Crippen LogP contribution in [0.15, 0.2) is 41.3 Å². The maximum atomic E-state index is 10.0. The first-order valence-electron chi connectivity index (χ1n) is 5.38. The first-order valence-corrected chi connectivity index (χ1v) is 5.38. The molecule has 1 unspecified atom stereocenters. The molecule has 3 heteroatoms. The minimum Gasteiger partial charge on any atom is -0.469 e. The van der Waals surface area contributed by atoms with Crippen molar-refractivity contribution in [2.45, 2.75) is 25.9 Å². The van der Waals surface area contributed by atoms with E-state index >= 15 is 0 Å². The maximum absolute atomic E-state index is 10.0. The van der Waals surface area contributed by atoms with Gasteiger partial charge in [-0.1, -0.05) is 0 Å². The van der Waals surface area contributed by atoms with Crippen LogP contribution in [0.4, 0.5) is 0 Å². The SMILES string of the molecule is Cc1ccncc1C(O)CCc1ccco1. The third-order valence-electron chi connectivity index (χ3n) is 2.68. The Kier molecular flexibility index (Phi) is 3.37. The number of aliphatic hydroxyl groups is 1. The van der Waals surface area contributed by atoms with Crippen LogP contribution in [-0.2, 0) is 6.42 Å². The molecular weight excluding hydrogens is 202 g/mol. The molecule has 0 aliphatic heterocycles. The van der Waals surface area contributed by atoms with E-state index in [2.05, 4.69) is 4.98 Å². The molecule has 2 rings (SSSR count). The number of aromatic nitrogens is 1. The Morgan fingerprint density at radius 3 is 3.00 bits per heavy atom. The summed E-state index contributed by atoms with van der Waals surface area (Å²) in [5.74, 6) is 0.903. The van der Waals surface area contributed by atoms with Crippen LogP contribution >= 0.6 is 0 Å². The second-order valence-corrected chi connectivity index (χ2v) is 3.87. The summed E-state index contributed by atoms with van der Waals surface area (Å²) in [5.41, 5.74) is 1.97. The smallest absolute Gasteiger partial charge is 0.103 e. The number of aliphatic hydroxyl groups excluding tert-OH is 1. The first-order chi connectivity index (χ1) is 7.77. The number of furan rings is 1. The zero-order valence-electron chi connectivity index (χ0n) is 9.26. The van der Waals surface area contributed by atoms with Crippen molar-refractivity contribution in [3.05, 3.63) is 53.7 Å². The van der Waals surface area contributed by atoms with Gasteiger partial charge in [0.15, 0.2) is 0 Å². The normalized spacial score (nSPS) is 12.6. The highest BCUT2D eigenvalue weighted by atomic mass is 16.3. The number of hydrogen-bond acceptors (Lipinski definition) is 3. The molecule has 0 fully saturated rings. The van der Waals surface area contributed by atoms with Gasteiger partial charge in [-0.3, -0.25) is 4.98 Å². The van der Waals surface area contributed by atoms with Gasteiger partial charge in [-0.25, -0.2) is 0 Å². The molecule has 1 N–H and O–H groups in total. The van der Waals surface area contributed by atoms with Crippen LogP contribution in [0.3, 0.4) is 0 Å². The quantitative estimate of drug-likeness (QED) is 0.856. The zero-order valence-corrected chi connectivity index (χ0v) is 9.26. The van der Waals surface area contributed by atoms with E-state index in [0.717, 1.165) is 23.3 Å². The predicted molar refractivity (Wildman–Crippen MR) is 61.0 cm³/mol. The lowest BCUT2D eigenvalue weighted by Gasteiger charge is -2.11. The Balaban J connectivity index is 1.98. The van der Waals surface area contributed by atoms with Crippen molar-refractivity contribution >= 4 is 0 Å². The fourth-order valence-corrected chi connectivity index (χ4v) is 1.71. The summed E-state index contributed by atoms with van der Waals surface area (Å²) in [6, 6.07) is 5.69. The monoisotopic (exact) mass is 217 g/mol. The van der Waals surface area contributed by atoms with Gasteiger partial charge in [-0.15, -0.1) is 0 Å². The van der Waals surface area contributed by atoms with Gasteiger partial charge in [0, 0.05) is 24.4 Å². The second kappa shape index (κ2) is 4.94. The summed E-state index contributed by atoms with van der Waals surface area (Å²) in [6.45, 7) is 1.98. The molecule has 2 aromatic rings. The Morgan fingerprint density at radius 2 is 2.31 bits per heavy atom. The van der Waals surface area contributed by atoms with E-state index in [0.29, 0.717) is 6.42 Å². The van der Waals surface area contributed by atoms with E-state index in [-0.39, 0.29) is 0 Å². The molecule has 0 saturated heterocycles. The Hall–Kier alpha value is -1.61. The lowest BCUT2D eigenvalue weighted by Crippen LogP contribution is -2.02. The lowest BCUT2D eigenvalue weighted by atomic mass is 10.0. The highest BCUT2D eigenvalue weighted by Gasteiger charge is 2.11. The van der Waals surface area contributed by atoms with Crippen molar-refractivity contribution in [1.29, 1.82) is 0 Å². The molecule has 0 spiro atoms. The first kappa shape index (κ1) is 10.9. The molecule has 2 heterocycles. The zero-order chi connectivity index (χ0) is 11.4. The molecule has 0 aliphatic rings. The van der Waals surface area contributed by atoms with Crippen LogP contribution in [0.2, 0.25) is 0 Å². The Bertz CT molecular complexity index is 437. The van der Waals surface area contributed by atoms with Crippen molar-refractivity contribution in [2.75, 3.05) is 0 Å². The Morgan fingerprint density at radius 1 is 1.44 bits per heavy atom. The minimum absolute atomic E-state index is 0.473. The van der Waals surface area contributed by atoms with E-state index in [1.165, 1.54) is 0 Å². The van der Waals surface area contributed by atoms with Crippen LogP contribution in [0, 0.1) is 6.92 Å². The highest BCUT2D eigenvalue weighted by molar-refractivity contribution is 5.23. The number of pyridine rings is 1. The molecule has 2 aromatic heterocycles. The fourth-order valence-electron chi connectivity index (χ4n) is 1.71. The third-order valence-corrected chi connectivity index (χ3v) is 2.68. The summed E-state index contributed by atoms with van der Waals surface area (Å²) in [5, 5.41) is 10.0. The second-order valence-electron chi connectivity index (χ2n) is 3.87. The molecule has 0 aromatic carbocycles. The van der Waals surface area contributed by atoms with Crippen molar-refractivity contribution < 1.29 is 9.52 Å². The van der Waals surface area contributed by atoms with Gasteiger partial charge in [0.1, 0.15) is 5.76 Å². The fraction of sp³-hybridized carbons (Fsp3) is 0.308. The van der Waals surface area contributed by atoms with Crippen LogP contribution in [0.25, 0.3) is 0 Å². The summed E-state index contributed by atoms with van der Waals surface area (Å²) in [7, 11) is 0. The van der Waals surface area contributed by atoms with E-state index in [9.17, 15) is 5.11 Å². The average molecular weight is 217 g/mol. The van der Waals surface area contributed by atoms with E-state index in [4.69, 9.17) is 4.42 Å². The number of nitrogens with zero attached hydrogens (tertiary/aromatic N) is 1. The predicted octanol–water partition coefficient (Wildman–Crippen LogP) is 2.65. The molecular formula is C13H15NO2. The van der Waals surface area contributed by atoms with Crippen molar-refractivity contribution in [1.82, 2.24) is 4.98 Å². The number of aryl methyl sites for hydroxylation is 2. The van der Waals surface area contributed by atoms with E-state index in [1.807, 2.05) is 25.1 Å². The molecule has 0 radical (unpaired) electrons. The molecule has 1 atom stereocenters. The van der Waals surface area contributed by atoms with Crippen molar-refractivity contribution in [3.63, 3.8) is 0 Å². The lowest BCUT2D eigenvalue weighted by molar-refractivity contribution is 0.164. The standard InChI is InChI=1S/C13H15NO2/c1-10-6-7-14-9-12(10)13(15)5-4-11-3-2-8-16-11/h2-3,6-9,13,15H,4-5H2,1H3. The maximum Gasteiger partial charge on any atom is 0.103 e. The summed E-state index contributed by atoms with van der Waals surface area (Å²) in [4.78, 5) is 4.03. The summed E-state index contributed by atoms with van der Waals surface area (Å²) in [6.07, 6.45) is 6.03. The molecule has 0 bridgehead atoms. The molecule has 16 heavy (non-hydrogen) atoms. The topological polar surface area (TPSA) is 46.3 Å². The van der Waals surface area contributed by atoms with Gasteiger partial charge in [0.25, 0.3) is 0 Å². The van der Waals surface area contributed by atoms with Gasteiger partial charge < -0.3 is 9.52 Å². The van der Waals surface area contributed by atoms with E-state index in [1.54, 1.807) is 18.7 Å². The largest absolute Gasteiger partial charge is 0.469 e. The third kappa shape index (κ3) is 2.49. The minimum atomic E-state index is -0.473. The molecule has 3 nitrogen and oxygen atoms in total. The van der Waals surface area contributed by atoms with Gasteiger partial charge in [-0.2, -0.15) is 0 Å². The molecule has 0 saturated carbocycles. The Labute approximate surface area is 94.8 Å². The molecule has 84 valence electrons.